The number of para-hydroxylation sites is 1. The zero-order chi connectivity index (χ0) is 12.4. The summed E-state index contributed by atoms with van der Waals surface area (Å²) in [5.41, 5.74) is 1.60. The van der Waals surface area contributed by atoms with Gasteiger partial charge in [0.25, 0.3) is 5.69 Å². The summed E-state index contributed by atoms with van der Waals surface area (Å²) >= 11 is 0. The van der Waals surface area contributed by atoms with Crippen LogP contribution in [0.2, 0.25) is 0 Å². The largest absolute Gasteiger partial charge is 0.294 e. The highest BCUT2D eigenvalue weighted by molar-refractivity contribution is 6.22. The summed E-state index contributed by atoms with van der Waals surface area (Å²) < 4.78 is 0. The lowest BCUT2D eigenvalue weighted by Gasteiger charge is -2.12. The Labute approximate surface area is 99.1 Å². The number of hydrogen-bond donors (Lipinski definition) is 0. The highest BCUT2D eigenvalue weighted by Crippen LogP contribution is 2.32. The Bertz CT molecular complexity index is 517. The van der Waals surface area contributed by atoms with Crippen LogP contribution in [0.5, 0.6) is 0 Å². The van der Waals surface area contributed by atoms with E-state index in [1.165, 1.54) is 0 Å². The van der Waals surface area contributed by atoms with E-state index in [4.69, 9.17) is 0 Å². The molecule has 1 aromatic rings. The summed E-state index contributed by atoms with van der Waals surface area (Å²) in [6, 6.07) is 5.09. The van der Waals surface area contributed by atoms with Crippen molar-refractivity contribution >= 4 is 17.0 Å². The second kappa shape index (κ2) is 4.49. The summed E-state index contributed by atoms with van der Waals surface area (Å²) in [5, 5.41) is 11.1. The minimum atomic E-state index is -0.409. The molecule has 0 unspecified atom stereocenters. The summed E-state index contributed by atoms with van der Waals surface area (Å²) in [5.74, 6) is 0.00458. The Kier molecular flexibility index (Phi) is 3.04. The molecule has 88 valence electrons. The van der Waals surface area contributed by atoms with Gasteiger partial charge in [-0.25, -0.2) is 0 Å². The molecule has 0 aromatic heterocycles. The van der Waals surface area contributed by atoms with Crippen LogP contribution in [0, 0.1) is 17.0 Å². The van der Waals surface area contributed by atoms with Gasteiger partial charge in [0.05, 0.1) is 10.5 Å². The third-order valence-corrected chi connectivity index (χ3v) is 2.97. The predicted octanol–water partition coefficient (Wildman–Crippen LogP) is 3.04. The molecule has 1 aliphatic carbocycles. The smallest absolute Gasteiger partial charge is 0.280 e. The number of hydrogen-bond acceptors (Lipinski definition) is 3. The van der Waals surface area contributed by atoms with E-state index in [1.54, 1.807) is 25.1 Å². The van der Waals surface area contributed by atoms with Gasteiger partial charge in [0.1, 0.15) is 0 Å². The van der Waals surface area contributed by atoms with Crippen LogP contribution >= 0.6 is 0 Å². The van der Waals surface area contributed by atoms with Crippen molar-refractivity contribution in [1.82, 2.24) is 0 Å². The van der Waals surface area contributed by atoms with Crippen LogP contribution in [0.4, 0.5) is 5.69 Å². The molecule has 2 rings (SSSR count). The summed E-state index contributed by atoms with van der Waals surface area (Å²) in [4.78, 5) is 22.4. The molecule has 0 bridgehead atoms. The number of rotatable bonds is 2. The Morgan fingerprint density at radius 2 is 2.12 bits per heavy atom. The first kappa shape index (κ1) is 11.5. The van der Waals surface area contributed by atoms with E-state index in [9.17, 15) is 14.9 Å². The van der Waals surface area contributed by atoms with Crippen LogP contribution in [-0.4, -0.2) is 10.7 Å². The van der Waals surface area contributed by atoms with Crippen molar-refractivity contribution in [3.63, 3.8) is 0 Å². The number of nitrogens with zero attached hydrogens (tertiary/aromatic N) is 1. The maximum Gasteiger partial charge on any atom is 0.280 e. The van der Waals surface area contributed by atoms with Gasteiger partial charge in [0.15, 0.2) is 5.78 Å². The van der Waals surface area contributed by atoms with Crippen molar-refractivity contribution in [3.05, 3.63) is 45.5 Å². The summed E-state index contributed by atoms with van der Waals surface area (Å²) in [6.45, 7) is 1.69. The number of carbonyl (C=O) groups excluding carboxylic acids is 1. The standard InChI is InChI=1S/C13H13NO3/c1-9-5-4-7-11(13(9)14(16)17)10-6-2-3-8-12(10)15/h4-7H,2-3,8H2,1H3. The monoisotopic (exact) mass is 231 g/mol. The molecule has 1 aliphatic rings. The fraction of sp³-hybridized carbons (Fsp3) is 0.308. The van der Waals surface area contributed by atoms with Gasteiger partial charge in [-0.2, -0.15) is 0 Å². The first-order chi connectivity index (χ1) is 8.11. The van der Waals surface area contributed by atoms with E-state index in [1.807, 2.05) is 6.08 Å². The van der Waals surface area contributed by atoms with Gasteiger partial charge in [-0.05, 0) is 25.8 Å². The molecule has 0 N–H and O–H groups in total. The molecule has 4 heteroatoms. The molecule has 0 atom stereocenters. The molecular formula is C13H13NO3. The minimum absolute atomic E-state index is 0.00458. The summed E-state index contributed by atoms with van der Waals surface area (Å²) in [7, 11) is 0. The van der Waals surface area contributed by atoms with E-state index >= 15 is 0 Å². The van der Waals surface area contributed by atoms with E-state index in [2.05, 4.69) is 0 Å². The lowest BCUT2D eigenvalue weighted by atomic mass is 9.90. The number of nitro benzene ring substituents is 1. The van der Waals surface area contributed by atoms with Crippen molar-refractivity contribution in [2.24, 2.45) is 0 Å². The van der Waals surface area contributed by atoms with Crippen LogP contribution in [0.15, 0.2) is 24.3 Å². The number of Topliss-reactive ketones (excluding diaryl/α,β-unsaturated/α-hetero) is 1. The second-order valence-corrected chi connectivity index (χ2v) is 4.16. The highest BCUT2D eigenvalue weighted by atomic mass is 16.6. The van der Waals surface area contributed by atoms with Crippen LogP contribution in [0.1, 0.15) is 30.4 Å². The molecule has 0 saturated carbocycles. The van der Waals surface area contributed by atoms with Crippen LogP contribution in [0.3, 0.4) is 0 Å². The van der Waals surface area contributed by atoms with E-state index in [0.717, 1.165) is 12.8 Å². The van der Waals surface area contributed by atoms with Gasteiger partial charge in [0.2, 0.25) is 0 Å². The van der Waals surface area contributed by atoms with Gasteiger partial charge in [-0.1, -0.05) is 18.2 Å². The van der Waals surface area contributed by atoms with Gasteiger partial charge in [-0.3, -0.25) is 14.9 Å². The fourth-order valence-corrected chi connectivity index (χ4v) is 2.14. The Morgan fingerprint density at radius 1 is 1.35 bits per heavy atom. The van der Waals surface area contributed by atoms with Crippen molar-refractivity contribution < 1.29 is 9.72 Å². The third-order valence-electron chi connectivity index (χ3n) is 2.97. The molecular weight excluding hydrogens is 218 g/mol. The molecule has 0 fully saturated rings. The van der Waals surface area contributed by atoms with Crippen molar-refractivity contribution in [2.75, 3.05) is 0 Å². The molecule has 0 heterocycles. The number of aryl methyl sites for hydroxylation is 1. The molecule has 0 saturated heterocycles. The average Bonchev–Trinajstić information content (AvgIpc) is 2.28. The van der Waals surface area contributed by atoms with E-state index in [-0.39, 0.29) is 11.5 Å². The van der Waals surface area contributed by atoms with Crippen molar-refractivity contribution in [3.8, 4) is 0 Å². The molecule has 1 aromatic carbocycles. The topological polar surface area (TPSA) is 60.2 Å². The zero-order valence-electron chi connectivity index (χ0n) is 9.60. The lowest BCUT2D eigenvalue weighted by Crippen LogP contribution is -2.08. The molecule has 0 radical (unpaired) electrons. The van der Waals surface area contributed by atoms with Crippen molar-refractivity contribution in [1.29, 1.82) is 0 Å². The summed E-state index contributed by atoms with van der Waals surface area (Å²) in [6.07, 6.45) is 3.94. The quantitative estimate of drug-likeness (QED) is 0.580. The molecule has 17 heavy (non-hydrogen) atoms. The lowest BCUT2D eigenvalue weighted by molar-refractivity contribution is -0.385. The normalized spacial score (nSPS) is 15.6. The first-order valence-corrected chi connectivity index (χ1v) is 5.59. The number of carbonyl (C=O) groups is 1. The Hall–Kier alpha value is -1.97. The predicted molar refractivity (Wildman–Crippen MR) is 64.7 cm³/mol. The van der Waals surface area contributed by atoms with Crippen LogP contribution in [-0.2, 0) is 4.79 Å². The molecule has 4 nitrogen and oxygen atoms in total. The third kappa shape index (κ3) is 2.11. The number of benzene rings is 1. The maximum atomic E-state index is 11.8. The highest BCUT2D eigenvalue weighted by Gasteiger charge is 2.24. The molecule has 0 aliphatic heterocycles. The van der Waals surface area contributed by atoms with E-state index in [0.29, 0.717) is 23.1 Å². The fourth-order valence-electron chi connectivity index (χ4n) is 2.14. The first-order valence-electron chi connectivity index (χ1n) is 5.59. The SMILES string of the molecule is Cc1cccc(C2=CCCCC2=O)c1[N+](=O)[O-]. The van der Waals surface area contributed by atoms with Gasteiger partial charge in [-0.15, -0.1) is 0 Å². The van der Waals surface area contributed by atoms with E-state index < -0.39 is 4.92 Å². The Balaban J connectivity index is 2.59. The van der Waals surface area contributed by atoms with Gasteiger partial charge >= 0.3 is 0 Å². The van der Waals surface area contributed by atoms with Crippen LogP contribution < -0.4 is 0 Å². The van der Waals surface area contributed by atoms with Gasteiger partial charge < -0.3 is 0 Å². The van der Waals surface area contributed by atoms with Crippen LogP contribution in [0.25, 0.3) is 5.57 Å². The minimum Gasteiger partial charge on any atom is -0.294 e. The average molecular weight is 231 g/mol. The zero-order valence-corrected chi connectivity index (χ0v) is 9.60. The number of allylic oxidation sites excluding steroid dienone is 2. The number of ketones is 1. The maximum absolute atomic E-state index is 11.8. The number of nitro groups is 1. The second-order valence-electron chi connectivity index (χ2n) is 4.16. The molecule has 0 amide bonds. The Morgan fingerprint density at radius 3 is 2.76 bits per heavy atom. The molecule has 0 spiro atoms. The van der Waals surface area contributed by atoms with Crippen molar-refractivity contribution in [2.45, 2.75) is 26.2 Å². The van der Waals surface area contributed by atoms with Gasteiger partial charge in [0, 0.05) is 17.6 Å².